The first kappa shape index (κ1) is 17.2. The molecule has 0 saturated carbocycles. The Morgan fingerprint density at radius 3 is 2.64 bits per heavy atom. The smallest absolute Gasteiger partial charge is 0.252 e. The van der Waals surface area contributed by atoms with Crippen molar-refractivity contribution in [3.63, 3.8) is 0 Å². The van der Waals surface area contributed by atoms with Crippen LogP contribution in [0.15, 0.2) is 30.3 Å². The van der Waals surface area contributed by atoms with Crippen LogP contribution < -0.4 is 10.6 Å². The molecule has 1 aliphatic heterocycles. The number of aromatic hydroxyl groups is 1. The van der Waals surface area contributed by atoms with E-state index >= 15 is 0 Å². The summed E-state index contributed by atoms with van der Waals surface area (Å²) in [5, 5.41) is 9.64. The molecule has 5 nitrogen and oxygen atoms in total. The molecular formula is C19H22FN3O2. The summed E-state index contributed by atoms with van der Waals surface area (Å²) >= 11 is 0. The number of carbonyl (C=O) groups is 1. The van der Waals surface area contributed by atoms with Crippen LogP contribution in [0.1, 0.15) is 37.6 Å². The number of aromatic nitrogens is 1. The highest BCUT2D eigenvalue weighted by Crippen LogP contribution is 2.38. The van der Waals surface area contributed by atoms with Crippen molar-refractivity contribution in [2.45, 2.75) is 32.7 Å². The minimum absolute atomic E-state index is 0.167. The number of hydrogen-bond acceptors (Lipinski definition) is 4. The molecule has 3 rings (SSSR count). The molecule has 25 heavy (non-hydrogen) atoms. The molecule has 1 aromatic carbocycles. The van der Waals surface area contributed by atoms with E-state index in [1.165, 1.54) is 12.1 Å². The number of phenolic OH excluding ortho intramolecular Hbond substituents is 1. The van der Waals surface area contributed by atoms with Gasteiger partial charge in [-0.1, -0.05) is 6.92 Å². The van der Waals surface area contributed by atoms with Gasteiger partial charge in [0.1, 0.15) is 17.4 Å². The van der Waals surface area contributed by atoms with Gasteiger partial charge in [0.2, 0.25) is 0 Å². The van der Waals surface area contributed by atoms with Crippen LogP contribution in [-0.4, -0.2) is 28.1 Å². The molecule has 0 radical (unpaired) electrons. The maximum Gasteiger partial charge on any atom is 0.252 e. The Kier molecular flexibility index (Phi) is 4.14. The van der Waals surface area contributed by atoms with Gasteiger partial charge in [0, 0.05) is 23.7 Å². The second-order valence-corrected chi connectivity index (χ2v) is 7.36. The molecule has 1 aliphatic rings. The van der Waals surface area contributed by atoms with Crippen LogP contribution in [0.5, 0.6) is 5.75 Å². The van der Waals surface area contributed by atoms with Gasteiger partial charge in [0.25, 0.3) is 5.91 Å². The van der Waals surface area contributed by atoms with Gasteiger partial charge < -0.3 is 15.7 Å². The summed E-state index contributed by atoms with van der Waals surface area (Å²) in [5.74, 6) is -0.311. The van der Waals surface area contributed by atoms with E-state index in [9.17, 15) is 14.3 Å². The molecule has 1 aromatic heterocycles. The SMILES string of the molecule is C[C@@H]1CN(c2nc(-c3cc(O)cc(F)c3)ccc2C(N)=O)C(C)(C)C1. The van der Waals surface area contributed by atoms with Crippen molar-refractivity contribution < 1.29 is 14.3 Å². The number of nitrogens with zero attached hydrogens (tertiary/aromatic N) is 2. The predicted octanol–water partition coefficient (Wildman–Crippen LogP) is 3.32. The molecule has 3 N–H and O–H groups in total. The molecule has 0 spiro atoms. The van der Waals surface area contributed by atoms with Crippen LogP contribution >= 0.6 is 0 Å². The number of hydrogen-bond donors (Lipinski definition) is 2. The van der Waals surface area contributed by atoms with Gasteiger partial charge in [0.05, 0.1) is 11.3 Å². The topological polar surface area (TPSA) is 79.4 Å². The monoisotopic (exact) mass is 343 g/mol. The molecule has 1 fully saturated rings. The summed E-state index contributed by atoms with van der Waals surface area (Å²) in [6, 6.07) is 7.00. The normalized spacial score (nSPS) is 19.2. The molecule has 132 valence electrons. The first-order valence-corrected chi connectivity index (χ1v) is 8.26. The maximum absolute atomic E-state index is 13.6. The van der Waals surface area contributed by atoms with Gasteiger partial charge in [-0.15, -0.1) is 0 Å². The standard InChI is InChI=1S/C19H22FN3O2/c1-11-9-19(2,3)23(10-11)18-15(17(21)25)4-5-16(22-18)12-6-13(20)8-14(24)7-12/h4-8,11,24H,9-10H2,1-3H3,(H2,21,25)/t11-/m0/s1. The van der Waals surface area contributed by atoms with Gasteiger partial charge in [-0.25, -0.2) is 9.37 Å². The fraction of sp³-hybridized carbons (Fsp3) is 0.368. The summed E-state index contributed by atoms with van der Waals surface area (Å²) in [6.07, 6.45) is 0.970. The number of pyridine rings is 1. The fourth-order valence-corrected chi connectivity index (χ4v) is 3.69. The molecule has 0 aliphatic carbocycles. The summed E-state index contributed by atoms with van der Waals surface area (Å²) in [5.41, 5.74) is 6.63. The van der Waals surface area contributed by atoms with Crippen LogP contribution in [-0.2, 0) is 0 Å². The van der Waals surface area contributed by atoms with Gasteiger partial charge in [0.15, 0.2) is 0 Å². The lowest BCUT2D eigenvalue weighted by Crippen LogP contribution is -2.40. The van der Waals surface area contributed by atoms with Crippen molar-refractivity contribution in [3.05, 3.63) is 41.7 Å². The summed E-state index contributed by atoms with van der Waals surface area (Å²) in [7, 11) is 0. The summed E-state index contributed by atoms with van der Waals surface area (Å²) in [4.78, 5) is 18.6. The Morgan fingerprint density at radius 1 is 1.36 bits per heavy atom. The number of rotatable bonds is 3. The van der Waals surface area contributed by atoms with Crippen LogP contribution in [0.3, 0.4) is 0 Å². The summed E-state index contributed by atoms with van der Waals surface area (Å²) < 4.78 is 13.6. The third-order valence-electron chi connectivity index (χ3n) is 4.65. The molecule has 1 atom stereocenters. The van der Waals surface area contributed by atoms with E-state index in [-0.39, 0.29) is 11.3 Å². The van der Waals surface area contributed by atoms with Gasteiger partial charge in [-0.3, -0.25) is 4.79 Å². The van der Waals surface area contributed by atoms with Crippen LogP contribution in [0.2, 0.25) is 0 Å². The first-order chi connectivity index (χ1) is 11.7. The molecule has 6 heteroatoms. The van der Waals surface area contributed by atoms with Crippen molar-refractivity contribution in [1.82, 2.24) is 4.98 Å². The van der Waals surface area contributed by atoms with E-state index < -0.39 is 11.7 Å². The highest BCUT2D eigenvalue weighted by Gasteiger charge is 2.38. The Hall–Kier alpha value is -2.63. The molecule has 1 saturated heterocycles. The highest BCUT2D eigenvalue weighted by atomic mass is 19.1. The highest BCUT2D eigenvalue weighted by molar-refractivity contribution is 5.98. The van der Waals surface area contributed by atoms with Crippen molar-refractivity contribution in [1.29, 1.82) is 0 Å². The minimum Gasteiger partial charge on any atom is -0.508 e. The third kappa shape index (κ3) is 3.29. The lowest BCUT2D eigenvalue weighted by atomic mass is 9.97. The van der Waals surface area contributed by atoms with Gasteiger partial charge >= 0.3 is 0 Å². The number of amides is 1. The second kappa shape index (κ2) is 6.02. The zero-order valence-corrected chi connectivity index (χ0v) is 14.6. The van der Waals surface area contributed by atoms with E-state index in [2.05, 4.69) is 30.7 Å². The number of carbonyl (C=O) groups excluding carboxylic acids is 1. The van der Waals surface area contributed by atoms with Crippen LogP contribution in [0.25, 0.3) is 11.3 Å². The van der Waals surface area contributed by atoms with E-state index in [4.69, 9.17) is 5.73 Å². The van der Waals surface area contributed by atoms with E-state index in [0.29, 0.717) is 28.6 Å². The quantitative estimate of drug-likeness (QED) is 0.896. The molecule has 2 heterocycles. The lowest BCUT2D eigenvalue weighted by Gasteiger charge is -2.33. The van der Waals surface area contributed by atoms with Crippen molar-refractivity contribution >= 4 is 11.7 Å². The number of halogens is 1. The Labute approximate surface area is 146 Å². The predicted molar refractivity (Wildman–Crippen MR) is 95.0 cm³/mol. The Balaban J connectivity index is 2.14. The maximum atomic E-state index is 13.6. The average Bonchev–Trinajstić information content (AvgIpc) is 2.78. The Morgan fingerprint density at radius 2 is 2.08 bits per heavy atom. The molecule has 0 unspecified atom stereocenters. The number of nitrogens with two attached hydrogens (primary N) is 1. The van der Waals surface area contributed by atoms with E-state index in [0.717, 1.165) is 19.0 Å². The Bertz CT molecular complexity index is 815. The average molecular weight is 343 g/mol. The van der Waals surface area contributed by atoms with Crippen LogP contribution in [0, 0.1) is 11.7 Å². The number of benzene rings is 1. The van der Waals surface area contributed by atoms with Crippen molar-refractivity contribution in [2.24, 2.45) is 11.7 Å². The number of anilines is 1. The molecule has 0 bridgehead atoms. The number of primary amides is 1. The van der Waals surface area contributed by atoms with E-state index in [1.807, 2.05) is 0 Å². The third-order valence-corrected chi connectivity index (χ3v) is 4.65. The minimum atomic E-state index is -0.550. The second-order valence-electron chi connectivity index (χ2n) is 7.36. The zero-order chi connectivity index (χ0) is 18.4. The molecular weight excluding hydrogens is 321 g/mol. The van der Waals surface area contributed by atoms with Crippen molar-refractivity contribution in [3.8, 4) is 17.0 Å². The van der Waals surface area contributed by atoms with Gasteiger partial charge in [-0.2, -0.15) is 0 Å². The van der Waals surface area contributed by atoms with Crippen molar-refractivity contribution in [2.75, 3.05) is 11.4 Å². The molecule has 1 amide bonds. The number of phenols is 1. The van der Waals surface area contributed by atoms with Gasteiger partial charge in [-0.05, 0) is 50.5 Å². The zero-order valence-electron chi connectivity index (χ0n) is 14.6. The largest absolute Gasteiger partial charge is 0.508 e. The molecule has 2 aromatic rings. The van der Waals surface area contributed by atoms with E-state index in [1.54, 1.807) is 12.1 Å². The fourth-order valence-electron chi connectivity index (χ4n) is 3.69. The van der Waals surface area contributed by atoms with Crippen LogP contribution in [0.4, 0.5) is 10.2 Å². The lowest BCUT2D eigenvalue weighted by molar-refractivity contribution is 0.100. The summed E-state index contributed by atoms with van der Waals surface area (Å²) in [6.45, 7) is 7.12. The first-order valence-electron chi connectivity index (χ1n) is 8.26.